The molecular formula is C24H29N3O3. The van der Waals surface area contributed by atoms with Crippen LogP contribution in [0.25, 0.3) is 11.0 Å². The highest BCUT2D eigenvalue weighted by molar-refractivity contribution is 6.02. The van der Waals surface area contributed by atoms with Gasteiger partial charge in [0.2, 0.25) is 0 Å². The molecule has 0 aliphatic carbocycles. The van der Waals surface area contributed by atoms with E-state index in [0.29, 0.717) is 23.6 Å². The topological polar surface area (TPSA) is 58.0 Å². The van der Waals surface area contributed by atoms with Gasteiger partial charge in [0.1, 0.15) is 0 Å². The second-order valence-electron chi connectivity index (χ2n) is 7.78. The van der Waals surface area contributed by atoms with Crippen LogP contribution < -0.4 is 15.0 Å². The number of furan rings is 1. The SMILES string of the molecule is COc1ccc(N2CCN(C)CC2)c2cc(C(=O)NCCCc3ccccc3)oc12. The van der Waals surface area contributed by atoms with Crippen molar-refractivity contribution in [1.29, 1.82) is 0 Å². The van der Waals surface area contributed by atoms with Gasteiger partial charge in [0, 0.05) is 43.8 Å². The first-order chi connectivity index (χ1) is 14.7. The van der Waals surface area contributed by atoms with E-state index in [1.165, 1.54) is 5.56 Å². The molecule has 1 N–H and O–H groups in total. The van der Waals surface area contributed by atoms with Gasteiger partial charge in [-0.05, 0) is 43.7 Å². The molecule has 2 heterocycles. The lowest BCUT2D eigenvalue weighted by atomic mass is 10.1. The third kappa shape index (κ3) is 4.44. The Morgan fingerprint density at radius 1 is 1.10 bits per heavy atom. The number of aryl methyl sites for hydroxylation is 1. The fourth-order valence-corrected chi connectivity index (χ4v) is 3.91. The smallest absolute Gasteiger partial charge is 0.287 e. The first-order valence-corrected chi connectivity index (χ1v) is 10.5. The molecule has 0 spiro atoms. The minimum atomic E-state index is -0.189. The molecule has 0 saturated carbocycles. The highest BCUT2D eigenvalue weighted by Crippen LogP contribution is 2.36. The van der Waals surface area contributed by atoms with E-state index in [9.17, 15) is 4.79 Å². The molecule has 0 radical (unpaired) electrons. The minimum absolute atomic E-state index is 0.189. The molecule has 4 rings (SSSR count). The van der Waals surface area contributed by atoms with Crippen LogP contribution in [0.1, 0.15) is 22.5 Å². The van der Waals surface area contributed by atoms with Crippen LogP contribution in [0, 0.1) is 0 Å². The van der Waals surface area contributed by atoms with Crippen molar-refractivity contribution in [2.75, 3.05) is 51.8 Å². The number of anilines is 1. The average molecular weight is 408 g/mol. The van der Waals surface area contributed by atoms with Gasteiger partial charge in [-0.2, -0.15) is 0 Å². The standard InChI is InChI=1S/C24H29N3O3/c1-26-13-15-27(16-14-26)20-10-11-21(29-2)23-19(20)17-22(30-23)24(28)25-12-6-9-18-7-4-3-5-8-18/h3-5,7-8,10-11,17H,6,9,12-16H2,1-2H3,(H,25,28). The molecule has 1 aliphatic heterocycles. The summed E-state index contributed by atoms with van der Waals surface area (Å²) in [5, 5.41) is 3.90. The lowest BCUT2D eigenvalue weighted by Crippen LogP contribution is -2.44. The number of fused-ring (bicyclic) bond motifs is 1. The van der Waals surface area contributed by atoms with Crippen LogP contribution in [-0.2, 0) is 6.42 Å². The number of carbonyl (C=O) groups is 1. The van der Waals surface area contributed by atoms with Gasteiger partial charge in [0.05, 0.1) is 7.11 Å². The first-order valence-electron chi connectivity index (χ1n) is 10.5. The molecule has 2 aromatic carbocycles. The van der Waals surface area contributed by atoms with Gasteiger partial charge in [-0.3, -0.25) is 4.79 Å². The quantitative estimate of drug-likeness (QED) is 0.607. The van der Waals surface area contributed by atoms with Crippen molar-refractivity contribution < 1.29 is 13.9 Å². The Morgan fingerprint density at radius 3 is 2.60 bits per heavy atom. The van der Waals surface area contributed by atoms with Gasteiger partial charge in [-0.1, -0.05) is 30.3 Å². The average Bonchev–Trinajstić information content (AvgIpc) is 3.23. The molecule has 0 unspecified atom stereocenters. The number of benzene rings is 2. The summed E-state index contributed by atoms with van der Waals surface area (Å²) in [5.41, 5.74) is 2.99. The zero-order valence-electron chi connectivity index (χ0n) is 17.7. The maximum absolute atomic E-state index is 12.7. The van der Waals surface area contributed by atoms with Crippen LogP contribution in [0.3, 0.4) is 0 Å². The van der Waals surface area contributed by atoms with E-state index in [0.717, 1.165) is 50.1 Å². The van der Waals surface area contributed by atoms with Crippen molar-refractivity contribution in [1.82, 2.24) is 10.2 Å². The number of ether oxygens (including phenoxy) is 1. The normalized spacial score (nSPS) is 14.8. The molecule has 6 nitrogen and oxygen atoms in total. The van der Waals surface area contributed by atoms with Crippen LogP contribution in [0.2, 0.25) is 0 Å². The Labute approximate surface area is 177 Å². The van der Waals surface area contributed by atoms with Gasteiger partial charge < -0.3 is 24.3 Å². The minimum Gasteiger partial charge on any atom is -0.493 e. The number of carbonyl (C=O) groups excluding carboxylic acids is 1. The lowest BCUT2D eigenvalue weighted by Gasteiger charge is -2.34. The summed E-state index contributed by atoms with van der Waals surface area (Å²) < 4.78 is 11.4. The van der Waals surface area contributed by atoms with Crippen LogP contribution >= 0.6 is 0 Å². The summed E-state index contributed by atoms with van der Waals surface area (Å²) in [6.45, 7) is 4.53. The number of hydrogen-bond acceptors (Lipinski definition) is 5. The third-order valence-electron chi connectivity index (χ3n) is 5.68. The molecule has 1 aromatic heterocycles. The second kappa shape index (κ2) is 9.22. The summed E-state index contributed by atoms with van der Waals surface area (Å²) in [6.07, 6.45) is 1.81. The van der Waals surface area contributed by atoms with Gasteiger partial charge in [-0.25, -0.2) is 0 Å². The van der Waals surface area contributed by atoms with Gasteiger partial charge in [-0.15, -0.1) is 0 Å². The Bertz CT molecular complexity index is 992. The van der Waals surface area contributed by atoms with Crippen molar-refractivity contribution in [3.63, 3.8) is 0 Å². The number of rotatable bonds is 7. The maximum atomic E-state index is 12.7. The summed E-state index contributed by atoms with van der Waals surface area (Å²) in [4.78, 5) is 17.4. The first kappa shape index (κ1) is 20.3. The molecule has 30 heavy (non-hydrogen) atoms. The Kier molecular flexibility index (Phi) is 6.23. The van der Waals surface area contributed by atoms with Gasteiger partial charge in [0.15, 0.2) is 17.1 Å². The number of amides is 1. The number of hydrogen-bond donors (Lipinski definition) is 1. The number of methoxy groups -OCH3 is 1. The fraction of sp³-hybridized carbons (Fsp3) is 0.375. The molecule has 1 fully saturated rings. The number of nitrogens with zero attached hydrogens (tertiary/aromatic N) is 2. The van der Waals surface area contributed by atoms with Crippen LogP contribution in [0.4, 0.5) is 5.69 Å². The van der Waals surface area contributed by atoms with Gasteiger partial charge >= 0.3 is 0 Å². The van der Waals surface area contributed by atoms with Crippen molar-refractivity contribution in [3.8, 4) is 5.75 Å². The molecule has 1 saturated heterocycles. The molecule has 1 amide bonds. The van der Waals surface area contributed by atoms with E-state index >= 15 is 0 Å². The van der Waals surface area contributed by atoms with E-state index in [1.807, 2.05) is 30.3 Å². The van der Waals surface area contributed by atoms with Crippen LogP contribution in [-0.4, -0.2) is 57.7 Å². The van der Waals surface area contributed by atoms with Crippen LogP contribution in [0.15, 0.2) is 52.9 Å². The monoisotopic (exact) mass is 407 g/mol. The van der Waals surface area contributed by atoms with Crippen LogP contribution in [0.5, 0.6) is 5.75 Å². The largest absolute Gasteiger partial charge is 0.493 e. The summed E-state index contributed by atoms with van der Waals surface area (Å²) in [5.74, 6) is 0.779. The Morgan fingerprint density at radius 2 is 1.87 bits per heavy atom. The molecular weight excluding hydrogens is 378 g/mol. The Balaban J connectivity index is 1.47. The summed E-state index contributed by atoms with van der Waals surface area (Å²) in [7, 11) is 3.76. The molecule has 3 aromatic rings. The van der Waals surface area contributed by atoms with Crippen molar-refractivity contribution in [2.24, 2.45) is 0 Å². The predicted octanol–water partition coefficient (Wildman–Crippen LogP) is 3.56. The zero-order valence-corrected chi connectivity index (χ0v) is 17.7. The van der Waals surface area contributed by atoms with E-state index < -0.39 is 0 Å². The van der Waals surface area contributed by atoms with Gasteiger partial charge in [0.25, 0.3) is 5.91 Å². The van der Waals surface area contributed by atoms with Crippen molar-refractivity contribution in [3.05, 3.63) is 59.9 Å². The predicted molar refractivity (Wildman–Crippen MR) is 120 cm³/mol. The summed E-state index contributed by atoms with van der Waals surface area (Å²) >= 11 is 0. The number of piperazine rings is 1. The maximum Gasteiger partial charge on any atom is 0.287 e. The van der Waals surface area contributed by atoms with E-state index in [4.69, 9.17) is 9.15 Å². The molecule has 0 bridgehead atoms. The number of nitrogens with one attached hydrogen (secondary N) is 1. The molecule has 158 valence electrons. The lowest BCUT2D eigenvalue weighted by molar-refractivity contribution is 0.0927. The zero-order chi connectivity index (χ0) is 20.9. The summed E-state index contributed by atoms with van der Waals surface area (Å²) in [6, 6.07) is 16.1. The second-order valence-corrected chi connectivity index (χ2v) is 7.78. The molecule has 0 atom stereocenters. The highest BCUT2D eigenvalue weighted by Gasteiger charge is 2.22. The van der Waals surface area contributed by atoms with E-state index in [2.05, 4.69) is 40.4 Å². The van der Waals surface area contributed by atoms with E-state index in [-0.39, 0.29) is 5.91 Å². The Hall–Kier alpha value is -2.99. The van der Waals surface area contributed by atoms with Crippen molar-refractivity contribution >= 4 is 22.6 Å². The number of likely N-dealkylation sites (N-methyl/N-ethyl adjacent to an activating group) is 1. The third-order valence-corrected chi connectivity index (χ3v) is 5.68. The van der Waals surface area contributed by atoms with E-state index in [1.54, 1.807) is 7.11 Å². The fourth-order valence-electron chi connectivity index (χ4n) is 3.91. The molecule has 6 heteroatoms. The molecule has 1 aliphatic rings. The highest BCUT2D eigenvalue weighted by atomic mass is 16.5. The van der Waals surface area contributed by atoms with Crippen molar-refractivity contribution in [2.45, 2.75) is 12.8 Å².